The molecule has 0 aliphatic carbocycles. The molecule has 1 unspecified atom stereocenters. The molecular weight excluding hydrogens is 327 g/mol. The second kappa shape index (κ2) is 8.89. The Morgan fingerprint density at radius 1 is 1.43 bits per heavy atom. The van der Waals surface area contributed by atoms with Crippen molar-refractivity contribution >= 4 is 40.9 Å². The Morgan fingerprint density at radius 3 is 3.00 bits per heavy atom. The molecule has 2 rings (SSSR count). The van der Waals surface area contributed by atoms with Crippen molar-refractivity contribution in [3.8, 4) is 0 Å². The van der Waals surface area contributed by atoms with E-state index in [9.17, 15) is 4.79 Å². The van der Waals surface area contributed by atoms with Crippen LogP contribution in [0.5, 0.6) is 0 Å². The minimum absolute atomic E-state index is 0.0936. The Labute approximate surface area is 140 Å². The van der Waals surface area contributed by atoms with Crippen molar-refractivity contribution in [3.05, 3.63) is 33.8 Å². The van der Waals surface area contributed by atoms with Gasteiger partial charge in [0, 0.05) is 22.3 Å². The van der Waals surface area contributed by atoms with E-state index in [0.29, 0.717) is 21.7 Å². The quantitative estimate of drug-likeness (QED) is 0.795. The Kier molecular flexibility index (Phi) is 7.17. The summed E-state index contributed by atoms with van der Waals surface area (Å²) in [6.45, 7) is 2.96. The molecule has 0 bridgehead atoms. The van der Waals surface area contributed by atoms with Crippen molar-refractivity contribution in [2.75, 3.05) is 25.4 Å². The molecule has 1 aliphatic rings. The molecule has 6 heteroatoms. The number of carbonyl (C=O) groups excluding carboxylic acids is 1. The van der Waals surface area contributed by atoms with Gasteiger partial charge in [0.25, 0.3) is 0 Å². The second-order valence-electron chi connectivity index (χ2n) is 5.23. The lowest BCUT2D eigenvalue weighted by molar-refractivity contribution is -0.118. The zero-order valence-corrected chi connectivity index (χ0v) is 14.2. The Morgan fingerprint density at radius 2 is 2.29 bits per heavy atom. The standard InChI is InChI=1S/C15H20Cl2N2OS/c16-13-2-1-12(14(17)7-13)9-21-10-15(20)19-6-4-11-3-5-18-8-11/h1-2,7,11,18H,3-6,8-10H2,(H,19,20). The van der Waals surface area contributed by atoms with Crippen LogP contribution in [0.25, 0.3) is 0 Å². The van der Waals surface area contributed by atoms with Crippen molar-refractivity contribution in [2.24, 2.45) is 5.92 Å². The van der Waals surface area contributed by atoms with Gasteiger partial charge in [0.15, 0.2) is 0 Å². The maximum absolute atomic E-state index is 11.7. The number of nitrogens with one attached hydrogen (secondary N) is 2. The molecule has 2 N–H and O–H groups in total. The average molecular weight is 347 g/mol. The van der Waals surface area contributed by atoms with Crippen LogP contribution >= 0.6 is 35.0 Å². The lowest BCUT2D eigenvalue weighted by Gasteiger charge is -2.09. The van der Waals surface area contributed by atoms with Gasteiger partial charge in [-0.15, -0.1) is 11.8 Å². The summed E-state index contributed by atoms with van der Waals surface area (Å²) in [5, 5.41) is 7.60. The van der Waals surface area contributed by atoms with E-state index in [1.165, 1.54) is 6.42 Å². The highest BCUT2D eigenvalue weighted by molar-refractivity contribution is 7.99. The highest BCUT2D eigenvalue weighted by Gasteiger charge is 2.14. The van der Waals surface area contributed by atoms with E-state index >= 15 is 0 Å². The summed E-state index contributed by atoms with van der Waals surface area (Å²) in [4.78, 5) is 11.7. The molecule has 1 amide bonds. The molecule has 116 valence electrons. The first-order chi connectivity index (χ1) is 10.1. The molecular formula is C15H20Cl2N2OS. The second-order valence-corrected chi connectivity index (χ2v) is 7.06. The Bertz CT molecular complexity index is 479. The van der Waals surface area contributed by atoms with Crippen LogP contribution in [-0.2, 0) is 10.5 Å². The predicted molar refractivity (Wildman–Crippen MR) is 91.2 cm³/mol. The highest BCUT2D eigenvalue weighted by atomic mass is 35.5. The van der Waals surface area contributed by atoms with Gasteiger partial charge in [0.1, 0.15) is 0 Å². The van der Waals surface area contributed by atoms with Crippen molar-refractivity contribution in [1.29, 1.82) is 0 Å². The summed E-state index contributed by atoms with van der Waals surface area (Å²) in [5.74, 6) is 1.99. The molecule has 1 heterocycles. The van der Waals surface area contributed by atoms with Crippen LogP contribution in [0.3, 0.4) is 0 Å². The smallest absolute Gasteiger partial charge is 0.230 e. The van der Waals surface area contributed by atoms with Crippen LogP contribution in [0.15, 0.2) is 18.2 Å². The third-order valence-electron chi connectivity index (χ3n) is 3.54. The summed E-state index contributed by atoms with van der Waals surface area (Å²) < 4.78 is 0. The molecule has 0 spiro atoms. The van der Waals surface area contributed by atoms with Gasteiger partial charge in [-0.25, -0.2) is 0 Å². The van der Waals surface area contributed by atoms with Gasteiger partial charge in [-0.05, 0) is 49.5 Å². The van der Waals surface area contributed by atoms with E-state index in [2.05, 4.69) is 10.6 Å². The molecule has 1 aromatic carbocycles. The zero-order valence-electron chi connectivity index (χ0n) is 11.8. The van der Waals surface area contributed by atoms with Crippen LogP contribution in [0.1, 0.15) is 18.4 Å². The average Bonchev–Trinajstić information content (AvgIpc) is 2.94. The molecule has 21 heavy (non-hydrogen) atoms. The first-order valence-corrected chi connectivity index (χ1v) is 9.05. The van der Waals surface area contributed by atoms with Crippen LogP contribution < -0.4 is 10.6 Å². The molecule has 1 saturated heterocycles. The van der Waals surface area contributed by atoms with E-state index in [1.807, 2.05) is 12.1 Å². The SMILES string of the molecule is O=C(CSCc1ccc(Cl)cc1Cl)NCCC1CCNC1. The number of rotatable bonds is 7. The molecule has 1 fully saturated rings. The number of halogens is 2. The van der Waals surface area contributed by atoms with Gasteiger partial charge in [0.05, 0.1) is 5.75 Å². The highest BCUT2D eigenvalue weighted by Crippen LogP contribution is 2.24. The van der Waals surface area contributed by atoms with Gasteiger partial charge < -0.3 is 10.6 Å². The van der Waals surface area contributed by atoms with E-state index in [0.717, 1.165) is 37.4 Å². The fourth-order valence-electron chi connectivity index (χ4n) is 2.32. The monoisotopic (exact) mass is 346 g/mol. The van der Waals surface area contributed by atoms with Gasteiger partial charge in [-0.2, -0.15) is 0 Å². The maximum Gasteiger partial charge on any atom is 0.230 e. The molecule has 0 radical (unpaired) electrons. The largest absolute Gasteiger partial charge is 0.355 e. The summed E-state index contributed by atoms with van der Waals surface area (Å²) >= 11 is 13.5. The Balaban J connectivity index is 1.60. The van der Waals surface area contributed by atoms with Gasteiger partial charge >= 0.3 is 0 Å². The Hall–Kier alpha value is -0.420. The lowest BCUT2D eigenvalue weighted by atomic mass is 10.1. The fraction of sp³-hybridized carbons (Fsp3) is 0.533. The maximum atomic E-state index is 11.7. The number of carbonyl (C=O) groups is 1. The first-order valence-electron chi connectivity index (χ1n) is 7.14. The molecule has 3 nitrogen and oxygen atoms in total. The number of thioether (sulfide) groups is 1. The molecule has 1 atom stereocenters. The van der Waals surface area contributed by atoms with Crippen LogP contribution in [0.2, 0.25) is 10.0 Å². The van der Waals surface area contributed by atoms with Gasteiger partial charge in [-0.1, -0.05) is 29.3 Å². The van der Waals surface area contributed by atoms with Gasteiger partial charge in [0.2, 0.25) is 5.91 Å². The van der Waals surface area contributed by atoms with Crippen molar-refractivity contribution in [3.63, 3.8) is 0 Å². The third kappa shape index (κ3) is 6.07. The van der Waals surface area contributed by atoms with E-state index < -0.39 is 0 Å². The van der Waals surface area contributed by atoms with Crippen LogP contribution in [0.4, 0.5) is 0 Å². The first kappa shape index (κ1) is 16.9. The van der Waals surface area contributed by atoms with Crippen molar-refractivity contribution < 1.29 is 4.79 Å². The molecule has 1 aromatic rings. The summed E-state index contributed by atoms with van der Waals surface area (Å²) in [6.07, 6.45) is 2.28. The van der Waals surface area contributed by atoms with E-state index in [-0.39, 0.29) is 5.91 Å². The molecule has 0 aromatic heterocycles. The minimum Gasteiger partial charge on any atom is -0.355 e. The summed E-state index contributed by atoms with van der Waals surface area (Å²) in [7, 11) is 0. The van der Waals surface area contributed by atoms with Gasteiger partial charge in [-0.3, -0.25) is 4.79 Å². The van der Waals surface area contributed by atoms with E-state index in [1.54, 1.807) is 17.8 Å². The van der Waals surface area contributed by atoms with Crippen molar-refractivity contribution in [1.82, 2.24) is 10.6 Å². The fourth-order valence-corrected chi connectivity index (χ4v) is 3.74. The normalized spacial score (nSPS) is 17.9. The zero-order chi connectivity index (χ0) is 15.1. The van der Waals surface area contributed by atoms with E-state index in [4.69, 9.17) is 23.2 Å². The third-order valence-corrected chi connectivity index (χ3v) is 5.11. The lowest BCUT2D eigenvalue weighted by Crippen LogP contribution is -2.27. The topological polar surface area (TPSA) is 41.1 Å². The van der Waals surface area contributed by atoms with Crippen LogP contribution in [-0.4, -0.2) is 31.3 Å². The molecule has 1 aliphatic heterocycles. The molecule has 0 saturated carbocycles. The summed E-state index contributed by atoms with van der Waals surface area (Å²) in [6, 6.07) is 5.45. The van der Waals surface area contributed by atoms with Crippen LogP contribution in [0, 0.1) is 5.92 Å². The van der Waals surface area contributed by atoms with Crippen molar-refractivity contribution in [2.45, 2.75) is 18.6 Å². The number of amides is 1. The number of hydrogen-bond donors (Lipinski definition) is 2. The number of hydrogen-bond acceptors (Lipinski definition) is 3. The predicted octanol–water partition coefficient (Wildman–Crippen LogP) is 3.34. The number of benzene rings is 1. The minimum atomic E-state index is 0.0936. The summed E-state index contributed by atoms with van der Waals surface area (Å²) in [5.41, 5.74) is 1.01.